The standard InChI is InChI=1S/C31H38N2O7/c1-21(2)9-14-38-24-6-3-5-22(19-24)28-27(29(34)23-7-8-25-26(20-23)40-18-17-39-25)30(35)31(36)33(28)11-4-10-32-12-15-37-16-13-32/h3,5-8,19-21,28,34H,4,9-18H2,1-2H3/b29-27-. The van der Waals surface area contributed by atoms with Gasteiger partial charge in [-0.3, -0.25) is 14.5 Å². The molecule has 40 heavy (non-hydrogen) atoms. The zero-order valence-electron chi connectivity index (χ0n) is 23.3. The Balaban J connectivity index is 1.47. The van der Waals surface area contributed by atoms with E-state index in [1.165, 1.54) is 0 Å². The Morgan fingerprint density at radius 2 is 1.77 bits per heavy atom. The van der Waals surface area contributed by atoms with Gasteiger partial charge < -0.3 is 29.0 Å². The molecule has 5 rings (SSSR count). The molecule has 1 amide bonds. The zero-order valence-corrected chi connectivity index (χ0v) is 23.3. The van der Waals surface area contributed by atoms with Gasteiger partial charge in [0, 0.05) is 31.7 Å². The summed E-state index contributed by atoms with van der Waals surface area (Å²) in [6.45, 7) is 9.96. The summed E-state index contributed by atoms with van der Waals surface area (Å²) >= 11 is 0. The predicted molar refractivity (Wildman–Crippen MR) is 150 cm³/mol. The molecule has 2 fully saturated rings. The minimum atomic E-state index is -0.744. The lowest BCUT2D eigenvalue weighted by atomic mass is 9.95. The number of rotatable bonds is 10. The van der Waals surface area contributed by atoms with E-state index in [0.29, 0.717) is 80.3 Å². The highest BCUT2D eigenvalue weighted by Gasteiger charge is 2.46. The predicted octanol–water partition coefficient (Wildman–Crippen LogP) is 4.03. The van der Waals surface area contributed by atoms with Gasteiger partial charge in [0.05, 0.1) is 31.4 Å². The van der Waals surface area contributed by atoms with Crippen molar-refractivity contribution in [2.75, 3.05) is 59.2 Å². The number of benzene rings is 2. The van der Waals surface area contributed by atoms with Crippen LogP contribution in [0, 0.1) is 5.92 Å². The fraction of sp³-hybridized carbons (Fsp3) is 0.484. The molecule has 0 spiro atoms. The molecule has 2 aromatic carbocycles. The van der Waals surface area contributed by atoms with Crippen molar-refractivity contribution in [3.63, 3.8) is 0 Å². The van der Waals surface area contributed by atoms with Crippen molar-refractivity contribution in [3.8, 4) is 17.2 Å². The van der Waals surface area contributed by atoms with Gasteiger partial charge in [-0.1, -0.05) is 26.0 Å². The number of hydrogen-bond donors (Lipinski definition) is 1. The molecule has 0 bridgehead atoms. The van der Waals surface area contributed by atoms with Crippen LogP contribution in [0.5, 0.6) is 17.2 Å². The summed E-state index contributed by atoms with van der Waals surface area (Å²) in [7, 11) is 0. The van der Waals surface area contributed by atoms with Crippen LogP contribution in [0.25, 0.3) is 5.76 Å². The number of carbonyl (C=O) groups is 2. The van der Waals surface area contributed by atoms with Gasteiger partial charge in [0.1, 0.15) is 24.7 Å². The minimum Gasteiger partial charge on any atom is -0.507 e. The van der Waals surface area contributed by atoms with Gasteiger partial charge in [-0.25, -0.2) is 0 Å². The topological polar surface area (TPSA) is 97.8 Å². The number of ether oxygens (including phenoxy) is 4. The smallest absolute Gasteiger partial charge is 0.295 e. The third kappa shape index (κ3) is 6.26. The monoisotopic (exact) mass is 550 g/mol. The van der Waals surface area contributed by atoms with Crippen LogP contribution in [0.4, 0.5) is 0 Å². The van der Waals surface area contributed by atoms with Gasteiger partial charge in [0.15, 0.2) is 11.5 Å². The quantitative estimate of drug-likeness (QED) is 0.269. The Hall–Kier alpha value is -3.56. The second-order valence-electron chi connectivity index (χ2n) is 10.8. The van der Waals surface area contributed by atoms with E-state index < -0.39 is 17.7 Å². The van der Waals surface area contributed by atoms with Crippen molar-refractivity contribution in [1.82, 2.24) is 9.80 Å². The number of amides is 1. The molecule has 9 heteroatoms. The van der Waals surface area contributed by atoms with Crippen LogP contribution < -0.4 is 14.2 Å². The Kier molecular flexibility index (Phi) is 8.91. The number of aliphatic hydroxyl groups is 1. The highest BCUT2D eigenvalue weighted by atomic mass is 16.6. The average Bonchev–Trinajstić information content (AvgIpc) is 3.22. The number of morpholine rings is 1. The molecule has 0 aromatic heterocycles. The first-order valence-corrected chi connectivity index (χ1v) is 14.1. The van der Waals surface area contributed by atoms with E-state index in [2.05, 4.69) is 18.7 Å². The average molecular weight is 551 g/mol. The minimum absolute atomic E-state index is 0.0624. The molecule has 214 valence electrons. The molecule has 3 aliphatic heterocycles. The Bertz CT molecular complexity index is 1250. The highest BCUT2D eigenvalue weighted by molar-refractivity contribution is 6.46. The number of ketones is 1. The molecule has 2 saturated heterocycles. The number of carbonyl (C=O) groups excluding carboxylic acids is 2. The van der Waals surface area contributed by atoms with Crippen LogP contribution >= 0.6 is 0 Å². The SMILES string of the molecule is CC(C)CCOc1cccc(C2/C(=C(/O)c3ccc4c(c3)OCCO4)C(=O)C(=O)N2CCCN2CCOCC2)c1. The number of aliphatic hydroxyl groups excluding tert-OH is 1. The molecule has 3 heterocycles. The van der Waals surface area contributed by atoms with Gasteiger partial charge in [0.2, 0.25) is 0 Å². The normalized spacial score (nSPS) is 20.8. The maximum atomic E-state index is 13.5. The van der Waals surface area contributed by atoms with E-state index in [9.17, 15) is 14.7 Å². The molecule has 1 atom stereocenters. The van der Waals surface area contributed by atoms with Gasteiger partial charge in [-0.05, 0) is 54.7 Å². The van der Waals surface area contributed by atoms with E-state index >= 15 is 0 Å². The molecule has 0 aliphatic carbocycles. The van der Waals surface area contributed by atoms with Crippen molar-refractivity contribution < 1.29 is 33.6 Å². The summed E-state index contributed by atoms with van der Waals surface area (Å²) in [5, 5.41) is 11.5. The first kappa shape index (κ1) is 28.0. The Labute approximate surface area is 235 Å². The summed E-state index contributed by atoms with van der Waals surface area (Å²) in [5.74, 6) is 0.694. The number of fused-ring (bicyclic) bond motifs is 1. The van der Waals surface area contributed by atoms with Gasteiger partial charge >= 0.3 is 0 Å². The van der Waals surface area contributed by atoms with E-state index in [4.69, 9.17) is 18.9 Å². The summed E-state index contributed by atoms with van der Waals surface area (Å²) < 4.78 is 22.7. The zero-order chi connectivity index (χ0) is 28.1. The van der Waals surface area contributed by atoms with E-state index in [1.54, 1.807) is 23.1 Å². The maximum absolute atomic E-state index is 13.5. The molecule has 2 aromatic rings. The largest absolute Gasteiger partial charge is 0.507 e. The van der Waals surface area contributed by atoms with Crippen LogP contribution in [-0.4, -0.2) is 85.8 Å². The fourth-order valence-corrected chi connectivity index (χ4v) is 5.28. The third-order valence-electron chi connectivity index (χ3n) is 7.47. The van der Waals surface area contributed by atoms with Crippen LogP contribution in [0.15, 0.2) is 48.0 Å². The van der Waals surface area contributed by atoms with Gasteiger partial charge in [-0.15, -0.1) is 0 Å². The highest BCUT2D eigenvalue weighted by Crippen LogP contribution is 2.41. The molecule has 9 nitrogen and oxygen atoms in total. The van der Waals surface area contributed by atoms with E-state index in [0.717, 1.165) is 26.1 Å². The fourth-order valence-electron chi connectivity index (χ4n) is 5.28. The van der Waals surface area contributed by atoms with E-state index in [1.807, 2.05) is 24.3 Å². The second-order valence-corrected chi connectivity index (χ2v) is 10.8. The Morgan fingerprint density at radius 3 is 2.55 bits per heavy atom. The summed E-state index contributed by atoms with van der Waals surface area (Å²) in [4.78, 5) is 30.8. The van der Waals surface area contributed by atoms with Crippen LogP contribution in [0.2, 0.25) is 0 Å². The van der Waals surface area contributed by atoms with Crippen molar-refractivity contribution in [1.29, 1.82) is 0 Å². The Morgan fingerprint density at radius 1 is 1.00 bits per heavy atom. The molecule has 1 unspecified atom stereocenters. The van der Waals surface area contributed by atoms with Crippen molar-refractivity contribution in [2.24, 2.45) is 5.92 Å². The van der Waals surface area contributed by atoms with Gasteiger partial charge in [0.25, 0.3) is 11.7 Å². The second kappa shape index (κ2) is 12.7. The van der Waals surface area contributed by atoms with Crippen LogP contribution in [0.3, 0.4) is 0 Å². The van der Waals surface area contributed by atoms with Gasteiger partial charge in [-0.2, -0.15) is 0 Å². The first-order chi connectivity index (χ1) is 19.4. The van der Waals surface area contributed by atoms with Crippen LogP contribution in [0.1, 0.15) is 43.9 Å². The summed E-state index contributed by atoms with van der Waals surface area (Å²) in [5.41, 5.74) is 1.17. The lowest BCUT2D eigenvalue weighted by Crippen LogP contribution is -2.38. The lowest BCUT2D eigenvalue weighted by molar-refractivity contribution is -0.140. The molecular formula is C31H38N2O7. The molecule has 0 saturated carbocycles. The molecule has 3 aliphatic rings. The lowest BCUT2D eigenvalue weighted by Gasteiger charge is -2.29. The number of hydrogen-bond acceptors (Lipinski definition) is 8. The van der Waals surface area contributed by atoms with Crippen molar-refractivity contribution >= 4 is 17.4 Å². The number of likely N-dealkylation sites (tertiary alicyclic amines) is 1. The molecule has 1 N–H and O–H groups in total. The van der Waals surface area contributed by atoms with Crippen LogP contribution in [-0.2, 0) is 14.3 Å². The number of Topliss-reactive ketones (excluding diaryl/α,β-unsaturated/α-hetero) is 1. The van der Waals surface area contributed by atoms with E-state index in [-0.39, 0.29) is 11.3 Å². The summed E-state index contributed by atoms with van der Waals surface area (Å²) in [6.07, 6.45) is 1.60. The van der Waals surface area contributed by atoms with Crippen molar-refractivity contribution in [2.45, 2.75) is 32.7 Å². The molecule has 0 radical (unpaired) electrons. The first-order valence-electron chi connectivity index (χ1n) is 14.1. The third-order valence-corrected chi connectivity index (χ3v) is 7.47. The maximum Gasteiger partial charge on any atom is 0.295 e. The number of nitrogens with zero attached hydrogens (tertiary/aromatic N) is 2. The van der Waals surface area contributed by atoms with Crippen molar-refractivity contribution in [3.05, 3.63) is 59.2 Å². The summed E-state index contributed by atoms with van der Waals surface area (Å²) in [6, 6.07) is 11.8. The molecular weight excluding hydrogens is 512 g/mol.